The zero-order valence-electron chi connectivity index (χ0n) is 18.9. The average Bonchev–Trinajstić information content (AvgIpc) is 2.77. The van der Waals surface area contributed by atoms with Crippen molar-refractivity contribution in [1.29, 1.82) is 0 Å². The molecule has 0 aliphatic carbocycles. The number of fused-ring (bicyclic) bond motifs is 4. The van der Waals surface area contributed by atoms with Crippen LogP contribution in [-0.4, -0.2) is 16.7 Å². The summed E-state index contributed by atoms with van der Waals surface area (Å²) in [7, 11) is 0. The van der Waals surface area contributed by atoms with Crippen molar-refractivity contribution in [3.63, 3.8) is 0 Å². The first kappa shape index (κ1) is 22.8. The second-order valence-electron chi connectivity index (χ2n) is 8.86. The largest absolute Gasteiger partial charge is 0.467 e. The van der Waals surface area contributed by atoms with Gasteiger partial charge in [0.1, 0.15) is 17.5 Å². The van der Waals surface area contributed by atoms with Gasteiger partial charge in [-0.25, -0.2) is 4.39 Å². The molecule has 0 radical (unpaired) electrons. The second-order valence-corrected chi connectivity index (χ2v) is 10.2. The molecule has 5 nitrogen and oxygen atoms in total. The molecule has 0 saturated carbocycles. The number of amides is 1. The third-order valence-electron chi connectivity index (χ3n) is 6.47. The number of aryl methyl sites for hydroxylation is 2. The van der Waals surface area contributed by atoms with Crippen molar-refractivity contribution >= 4 is 50.5 Å². The molecular weight excluding hydrogens is 517 g/mol. The molecule has 3 atom stereocenters. The van der Waals surface area contributed by atoms with E-state index in [9.17, 15) is 9.18 Å². The van der Waals surface area contributed by atoms with Crippen LogP contribution < -0.4 is 20.3 Å². The van der Waals surface area contributed by atoms with E-state index in [2.05, 4.69) is 26.6 Å². The number of nitrogens with one attached hydrogen (secondary N) is 2. The topological polar surface area (TPSA) is 53.6 Å². The maximum absolute atomic E-state index is 13.9. The molecule has 5 rings (SSSR count). The highest BCUT2D eigenvalue weighted by molar-refractivity contribution is 9.10. The second kappa shape index (κ2) is 8.36. The van der Waals surface area contributed by atoms with Gasteiger partial charge in [-0.3, -0.25) is 9.69 Å². The van der Waals surface area contributed by atoms with Crippen LogP contribution in [0.2, 0.25) is 0 Å². The summed E-state index contributed by atoms with van der Waals surface area (Å²) in [5.41, 5.74) is 3.15. The van der Waals surface area contributed by atoms with Crippen LogP contribution in [0.5, 0.6) is 5.75 Å². The number of hydrogen-bond donors (Lipinski definition) is 2. The van der Waals surface area contributed by atoms with Crippen molar-refractivity contribution < 1.29 is 13.9 Å². The molecular formula is C26H23BrFN3O2S. The number of hydrogen-bond acceptors (Lipinski definition) is 3. The van der Waals surface area contributed by atoms with Crippen LogP contribution in [-0.2, 0) is 4.79 Å². The van der Waals surface area contributed by atoms with Crippen molar-refractivity contribution in [1.82, 2.24) is 5.32 Å². The zero-order valence-corrected chi connectivity index (χ0v) is 21.3. The van der Waals surface area contributed by atoms with Gasteiger partial charge in [0.25, 0.3) is 0 Å². The lowest BCUT2D eigenvalue weighted by Crippen LogP contribution is -2.72. The smallest absolute Gasteiger partial charge is 0.236 e. The summed E-state index contributed by atoms with van der Waals surface area (Å²) < 4.78 is 21.1. The Morgan fingerprint density at radius 2 is 1.88 bits per heavy atom. The number of anilines is 2. The van der Waals surface area contributed by atoms with Crippen LogP contribution >= 0.6 is 28.1 Å². The summed E-state index contributed by atoms with van der Waals surface area (Å²) in [6.45, 7) is 5.83. The molecule has 3 aromatic rings. The van der Waals surface area contributed by atoms with E-state index in [1.54, 1.807) is 17.0 Å². The zero-order chi connectivity index (χ0) is 24.2. The van der Waals surface area contributed by atoms with Crippen LogP contribution in [0.1, 0.15) is 29.7 Å². The van der Waals surface area contributed by atoms with Crippen molar-refractivity contribution in [3.05, 3.63) is 87.6 Å². The van der Waals surface area contributed by atoms with E-state index in [1.807, 2.05) is 57.2 Å². The number of halogens is 2. The highest BCUT2D eigenvalue weighted by atomic mass is 79.9. The Kier molecular flexibility index (Phi) is 5.61. The van der Waals surface area contributed by atoms with Gasteiger partial charge in [-0.2, -0.15) is 0 Å². The first-order valence-corrected chi connectivity index (χ1v) is 12.1. The molecule has 2 heterocycles. The standard InChI is InChI=1S/C26H23BrFN3O2S/c1-14-4-10-20(15(2)12-14)29-24(32)22-23-19-13-16(27)5-11-21(19)33-26(22,3)31(25(34)30-23)18-8-6-17(28)7-9-18/h4-13,22-23H,1-3H3,(H,29,32)(H,30,34)/t22-,23+,26+/m1/s1. The molecule has 1 fully saturated rings. The van der Waals surface area contributed by atoms with Crippen LogP contribution in [0.4, 0.5) is 15.8 Å². The fraction of sp³-hybridized carbons (Fsp3) is 0.231. The predicted molar refractivity (Wildman–Crippen MR) is 139 cm³/mol. The molecule has 0 unspecified atom stereocenters. The molecule has 0 aromatic heterocycles. The van der Waals surface area contributed by atoms with Gasteiger partial charge < -0.3 is 15.4 Å². The highest BCUT2D eigenvalue weighted by Gasteiger charge is 2.59. The SMILES string of the molecule is Cc1ccc(NC(=O)[C@H]2[C@H]3NC(=S)N(c4ccc(F)cc4)[C@@]2(C)Oc2ccc(Br)cc23)c(C)c1. The summed E-state index contributed by atoms with van der Waals surface area (Å²) in [5, 5.41) is 6.87. The van der Waals surface area contributed by atoms with E-state index in [0.717, 1.165) is 26.9 Å². The van der Waals surface area contributed by atoms with Crippen LogP contribution in [0.3, 0.4) is 0 Å². The number of carbonyl (C=O) groups is 1. The number of carbonyl (C=O) groups excluding carboxylic acids is 1. The molecule has 2 N–H and O–H groups in total. The molecule has 174 valence electrons. The van der Waals surface area contributed by atoms with Crippen LogP contribution in [0.25, 0.3) is 0 Å². The molecule has 8 heteroatoms. The maximum Gasteiger partial charge on any atom is 0.236 e. The van der Waals surface area contributed by atoms with Crippen molar-refractivity contribution in [2.75, 3.05) is 10.2 Å². The summed E-state index contributed by atoms with van der Waals surface area (Å²) in [4.78, 5) is 15.6. The van der Waals surface area contributed by atoms with Crippen LogP contribution in [0, 0.1) is 25.6 Å². The van der Waals surface area contributed by atoms with E-state index in [4.69, 9.17) is 17.0 Å². The Bertz CT molecular complexity index is 1320. The number of benzene rings is 3. The van der Waals surface area contributed by atoms with Gasteiger partial charge in [-0.1, -0.05) is 33.6 Å². The van der Waals surface area contributed by atoms with E-state index >= 15 is 0 Å². The minimum atomic E-state index is -1.16. The monoisotopic (exact) mass is 539 g/mol. The van der Waals surface area contributed by atoms with E-state index in [-0.39, 0.29) is 11.7 Å². The predicted octanol–water partition coefficient (Wildman–Crippen LogP) is 6.00. The molecule has 0 spiro atoms. The highest BCUT2D eigenvalue weighted by Crippen LogP contribution is 2.50. The molecule has 34 heavy (non-hydrogen) atoms. The Morgan fingerprint density at radius 3 is 2.59 bits per heavy atom. The number of ether oxygens (including phenoxy) is 1. The first-order chi connectivity index (χ1) is 16.2. The van der Waals surface area contributed by atoms with Gasteiger partial charge in [0.2, 0.25) is 5.91 Å². The molecule has 2 aliphatic rings. The Morgan fingerprint density at radius 1 is 1.15 bits per heavy atom. The summed E-state index contributed by atoms with van der Waals surface area (Å²) in [5.74, 6) is -0.570. The van der Waals surface area contributed by atoms with E-state index in [0.29, 0.717) is 16.5 Å². The van der Waals surface area contributed by atoms with Crippen molar-refractivity contribution in [2.45, 2.75) is 32.5 Å². The molecule has 3 aromatic carbocycles. The van der Waals surface area contributed by atoms with Crippen molar-refractivity contribution in [3.8, 4) is 5.75 Å². The number of thiocarbonyl (C=S) groups is 1. The fourth-order valence-corrected chi connectivity index (χ4v) is 5.69. The van der Waals surface area contributed by atoms with Gasteiger partial charge in [0.15, 0.2) is 10.8 Å². The average molecular weight is 540 g/mol. The molecule has 1 amide bonds. The minimum Gasteiger partial charge on any atom is -0.467 e. The summed E-state index contributed by atoms with van der Waals surface area (Å²) in [6.07, 6.45) is 0. The van der Waals surface area contributed by atoms with Gasteiger partial charge >= 0.3 is 0 Å². The van der Waals surface area contributed by atoms with E-state index < -0.39 is 17.7 Å². The lowest BCUT2D eigenvalue weighted by Gasteiger charge is -2.56. The Labute approximate surface area is 211 Å². The molecule has 2 aliphatic heterocycles. The van der Waals surface area contributed by atoms with Crippen LogP contribution in [0.15, 0.2) is 65.1 Å². The minimum absolute atomic E-state index is 0.202. The fourth-order valence-electron chi connectivity index (χ4n) is 4.90. The van der Waals surface area contributed by atoms with E-state index in [1.165, 1.54) is 12.1 Å². The normalized spacial score (nSPS) is 23.0. The quantitative estimate of drug-likeness (QED) is 0.399. The molecule has 2 bridgehead atoms. The lowest BCUT2D eigenvalue weighted by atomic mass is 9.78. The number of rotatable bonds is 3. The summed E-state index contributed by atoms with van der Waals surface area (Å²) >= 11 is 9.26. The lowest BCUT2D eigenvalue weighted by molar-refractivity contribution is -0.130. The van der Waals surface area contributed by atoms with Gasteiger partial charge in [-0.15, -0.1) is 0 Å². The van der Waals surface area contributed by atoms with Gasteiger partial charge in [0, 0.05) is 21.4 Å². The first-order valence-electron chi connectivity index (χ1n) is 10.9. The van der Waals surface area contributed by atoms with Gasteiger partial charge in [0.05, 0.1) is 6.04 Å². The third kappa shape index (κ3) is 3.75. The molecule has 1 saturated heterocycles. The maximum atomic E-state index is 13.9. The summed E-state index contributed by atoms with van der Waals surface area (Å²) in [6, 6.07) is 17.2. The number of nitrogens with zero attached hydrogens (tertiary/aromatic N) is 1. The Hall–Kier alpha value is -2.97. The van der Waals surface area contributed by atoms with Gasteiger partial charge in [-0.05, 0) is 87.1 Å². The third-order valence-corrected chi connectivity index (χ3v) is 7.26. The Balaban J connectivity index is 1.63. The van der Waals surface area contributed by atoms with Crippen molar-refractivity contribution in [2.24, 2.45) is 5.92 Å².